The highest BCUT2D eigenvalue weighted by Gasteiger charge is 2.05. The molecule has 0 aromatic heterocycles. The van der Waals surface area contributed by atoms with Gasteiger partial charge in [0.2, 0.25) is 0 Å². The van der Waals surface area contributed by atoms with Gasteiger partial charge in [0, 0.05) is 0 Å². The van der Waals surface area contributed by atoms with E-state index in [2.05, 4.69) is 39.8 Å². The predicted octanol–water partition coefficient (Wildman–Crippen LogP) is 4.42. The Hall–Kier alpha value is -0.260. The Morgan fingerprint density at radius 1 is 1.17 bits per heavy atom. The second-order valence-electron chi connectivity index (χ2n) is 3.89. The largest absolute Gasteiger partial charge is 0.0883 e. The van der Waals surface area contributed by atoms with Crippen LogP contribution in [0.15, 0.2) is 12.2 Å². The zero-order valence-corrected chi connectivity index (χ0v) is 9.14. The van der Waals surface area contributed by atoms with Gasteiger partial charge < -0.3 is 0 Å². The quantitative estimate of drug-likeness (QED) is 0.407. The molecule has 0 bridgehead atoms. The predicted molar refractivity (Wildman–Crippen MR) is 57.3 cm³/mol. The van der Waals surface area contributed by atoms with Crippen molar-refractivity contribution in [1.29, 1.82) is 0 Å². The van der Waals surface area contributed by atoms with Gasteiger partial charge in [0.1, 0.15) is 0 Å². The molecule has 0 rings (SSSR count). The molecule has 0 aliphatic carbocycles. The number of hydrogen-bond acceptors (Lipinski definition) is 0. The summed E-state index contributed by atoms with van der Waals surface area (Å²) in [4.78, 5) is 0. The average molecular weight is 168 g/mol. The number of rotatable bonds is 6. The molecule has 0 aromatic rings. The summed E-state index contributed by atoms with van der Waals surface area (Å²) in [5.74, 6) is 1.59. The van der Waals surface area contributed by atoms with Gasteiger partial charge in [0.15, 0.2) is 0 Å². The second kappa shape index (κ2) is 7.39. The summed E-state index contributed by atoms with van der Waals surface area (Å²) in [5, 5.41) is 0. The molecule has 0 aromatic carbocycles. The zero-order valence-electron chi connectivity index (χ0n) is 9.14. The molecular formula is C12H24. The fraction of sp³-hybridized carbons (Fsp3) is 0.833. The highest BCUT2D eigenvalue weighted by Crippen LogP contribution is 2.16. The first-order valence-electron chi connectivity index (χ1n) is 5.39. The van der Waals surface area contributed by atoms with Crippen LogP contribution < -0.4 is 0 Å². The lowest BCUT2D eigenvalue weighted by molar-refractivity contribution is 0.452. The fourth-order valence-electron chi connectivity index (χ4n) is 1.42. The third kappa shape index (κ3) is 5.40. The molecule has 72 valence electrons. The van der Waals surface area contributed by atoms with E-state index >= 15 is 0 Å². The second-order valence-corrected chi connectivity index (χ2v) is 3.89. The Morgan fingerprint density at radius 3 is 2.25 bits per heavy atom. The molecule has 0 fully saturated rings. The third-order valence-electron chi connectivity index (χ3n) is 2.44. The van der Waals surface area contributed by atoms with Crippen molar-refractivity contribution in [3.05, 3.63) is 12.2 Å². The molecule has 0 spiro atoms. The first kappa shape index (κ1) is 11.7. The lowest BCUT2D eigenvalue weighted by Gasteiger charge is -2.13. The van der Waals surface area contributed by atoms with Crippen LogP contribution in [0.3, 0.4) is 0 Å². The molecule has 12 heavy (non-hydrogen) atoms. The van der Waals surface area contributed by atoms with Crippen molar-refractivity contribution < 1.29 is 0 Å². The Morgan fingerprint density at radius 2 is 1.83 bits per heavy atom. The van der Waals surface area contributed by atoms with E-state index in [4.69, 9.17) is 0 Å². The molecular weight excluding hydrogens is 144 g/mol. The van der Waals surface area contributed by atoms with Gasteiger partial charge >= 0.3 is 0 Å². The molecule has 0 radical (unpaired) electrons. The van der Waals surface area contributed by atoms with Crippen LogP contribution in [0.4, 0.5) is 0 Å². The van der Waals surface area contributed by atoms with Crippen LogP contribution in [-0.2, 0) is 0 Å². The van der Waals surface area contributed by atoms with Crippen molar-refractivity contribution in [2.75, 3.05) is 0 Å². The van der Waals surface area contributed by atoms with E-state index in [1.165, 1.54) is 25.7 Å². The molecule has 0 heteroatoms. The SMILES string of the molecule is CCCCC=CC(CC)C(C)C. The minimum atomic E-state index is 0.793. The van der Waals surface area contributed by atoms with Crippen LogP contribution in [0.25, 0.3) is 0 Å². The molecule has 0 heterocycles. The van der Waals surface area contributed by atoms with Crippen molar-refractivity contribution in [3.63, 3.8) is 0 Å². The molecule has 0 saturated carbocycles. The maximum atomic E-state index is 2.40. The standard InChI is InChI=1S/C12H24/c1-5-7-8-9-10-12(6-2)11(3)4/h9-12H,5-8H2,1-4H3. The topological polar surface area (TPSA) is 0 Å². The van der Waals surface area contributed by atoms with Gasteiger partial charge in [-0.2, -0.15) is 0 Å². The first-order valence-corrected chi connectivity index (χ1v) is 5.39. The maximum absolute atomic E-state index is 2.40. The highest BCUT2D eigenvalue weighted by atomic mass is 14.1. The third-order valence-corrected chi connectivity index (χ3v) is 2.44. The maximum Gasteiger partial charge on any atom is -0.0213 e. The molecule has 0 nitrogen and oxygen atoms in total. The minimum absolute atomic E-state index is 0.793. The van der Waals surface area contributed by atoms with Gasteiger partial charge in [-0.25, -0.2) is 0 Å². The van der Waals surface area contributed by atoms with E-state index in [1.54, 1.807) is 0 Å². The van der Waals surface area contributed by atoms with E-state index in [9.17, 15) is 0 Å². The highest BCUT2D eigenvalue weighted by molar-refractivity contribution is 4.89. The number of unbranched alkanes of at least 4 members (excludes halogenated alkanes) is 2. The van der Waals surface area contributed by atoms with Gasteiger partial charge in [-0.15, -0.1) is 0 Å². The summed E-state index contributed by atoms with van der Waals surface area (Å²) in [5.41, 5.74) is 0. The van der Waals surface area contributed by atoms with Crippen molar-refractivity contribution >= 4 is 0 Å². The molecule has 1 unspecified atom stereocenters. The van der Waals surface area contributed by atoms with Crippen LogP contribution in [0.2, 0.25) is 0 Å². The van der Waals surface area contributed by atoms with Gasteiger partial charge in [-0.05, 0) is 24.7 Å². The summed E-state index contributed by atoms with van der Waals surface area (Å²) in [7, 11) is 0. The Kier molecular flexibility index (Phi) is 7.23. The van der Waals surface area contributed by atoms with Gasteiger partial charge in [-0.1, -0.05) is 52.7 Å². The molecule has 0 N–H and O–H groups in total. The van der Waals surface area contributed by atoms with Gasteiger partial charge in [-0.3, -0.25) is 0 Å². The Labute approximate surface area is 78.1 Å². The van der Waals surface area contributed by atoms with Crippen LogP contribution in [0.5, 0.6) is 0 Å². The van der Waals surface area contributed by atoms with E-state index in [1.807, 2.05) is 0 Å². The minimum Gasteiger partial charge on any atom is -0.0883 e. The van der Waals surface area contributed by atoms with Gasteiger partial charge in [0.05, 0.1) is 0 Å². The summed E-state index contributed by atoms with van der Waals surface area (Å²) < 4.78 is 0. The number of allylic oxidation sites excluding steroid dienone is 2. The summed E-state index contributed by atoms with van der Waals surface area (Å²) >= 11 is 0. The molecule has 1 atom stereocenters. The van der Waals surface area contributed by atoms with E-state index in [0.717, 1.165) is 11.8 Å². The lowest BCUT2D eigenvalue weighted by Crippen LogP contribution is -2.03. The molecule has 0 aliphatic rings. The van der Waals surface area contributed by atoms with Crippen molar-refractivity contribution in [3.8, 4) is 0 Å². The van der Waals surface area contributed by atoms with Crippen LogP contribution in [-0.4, -0.2) is 0 Å². The van der Waals surface area contributed by atoms with Gasteiger partial charge in [0.25, 0.3) is 0 Å². The molecule has 0 amide bonds. The monoisotopic (exact) mass is 168 g/mol. The van der Waals surface area contributed by atoms with Crippen molar-refractivity contribution in [2.45, 2.75) is 53.4 Å². The first-order chi connectivity index (χ1) is 5.72. The molecule has 0 aliphatic heterocycles. The lowest BCUT2D eigenvalue weighted by atomic mass is 9.92. The Balaban J connectivity index is 3.61. The smallest absolute Gasteiger partial charge is 0.0213 e. The Bertz CT molecular complexity index is 111. The number of hydrogen-bond donors (Lipinski definition) is 0. The summed E-state index contributed by atoms with van der Waals surface area (Å²) in [6.45, 7) is 9.12. The van der Waals surface area contributed by atoms with E-state index in [-0.39, 0.29) is 0 Å². The zero-order chi connectivity index (χ0) is 9.40. The van der Waals surface area contributed by atoms with Crippen molar-refractivity contribution in [2.24, 2.45) is 11.8 Å². The van der Waals surface area contributed by atoms with Crippen LogP contribution in [0.1, 0.15) is 53.4 Å². The summed E-state index contributed by atoms with van der Waals surface area (Å²) in [6, 6.07) is 0. The van der Waals surface area contributed by atoms with E-state index < -0.39 is 0 Å². The van der Waals surface area contributed by atoms with Crippen molar-refractivity contribution in [1.82, 2.24) is 0 Å². The molecule has 0 saturated heterocycles. The summed E-state index contributed by atoms with van der Waals surface area (Å²) in [6.07, 6.45) is 9.95. The average Bonchev–Trinajstić information content (AvgIpc) is 2.04. The fourth-order valence-corrected chi connectivity index (χ4v) is 1.42. The van der Waals surface area contributed by atoms with Crippen LogP contribution in [0, 0.1) is 11.8 Å². The van der Waals surface area contributed by atoms with E-state index in [0.29, 0.717) is 0 Å². The normalized spacial score (nSPS) is 14.4. The van der Waals surface area contributed by atoms with Crippen LogP contribution >= 0.6 is 0 Å².